The van der Waals surface area contributed by atoms with Crippen molar-refractivity contribution in [2.75, 3.05) is 0 Å². The fourth-order valence-corrected chi connectivity index (χ4v) is 2.16. The highest BCUT2D eigenvalue weighted by Gasteiger charge is 2.13. The van der Waals surface area contributed by atoms with Gasteiger partial charge in [-0.25, -0.2) is 4.79 Å². The van der Waals surface area contributed by atoms with Gasteiger partial charge in [-0.15, -0.1) is 10.2 Å². The second-order valence-corrected chi connectivity index (χ2v) is 5.27. The maximum Gasteiger partial charge on any atom is 0.321 e. The van der Waals surface area contributed by atoms with E-state index in [2.05, 4.69) is 26.0 Å². The predicted molar refractivity (Wildman–Crippen MR) is 87.1 cm³/mol. The number of urea groups is 1. The van der Waals surface area contributed by atoms with Crippen molar-refractivity contribution in [3.63, 3.8) is 0 Å². The van der Waals surface area contributed by atoms with Crippen LogP contribution in [-0.2, 0) is 17.9 Å². The van der Waals surface area contributed by atoms with Crippen molar-refractivity contribution in [3.8, 4) is 11.4 Å². The van der Waals surface area contributed by atoms with Crippen molar-refractivity contribution in [1.29, 1.82) is 0 Å². The van der Waals surface area contributed by atoms with Crippen molar-refractivity contribution >= 4 is 11.9 Å². The van der Waals surface area contributed by atoms with E-state index < -0.39 is 11.9 Å². The van der Waals surface area contributed by atoms with Crippen LogP contribution in [0, 0.1) is 6.92 Å². The average molecular weight is 340 g/mol. The number of hydrogen-bond acceptors (Lipinski definition) is 6. The third-order valence-electron chi connectivity index (χ3n) is 3.38. The molecule has 2 N–H and O–H groups in total. The van der Waals surface area contributed by atoms with Gasteiger partial charge in [-0.2, -0.15) is 4.80 Å². The van der Waals surface area contributed by atoms with Gasteiger partial charge in [-0.3, -0.25) is 10.1 Å². The van der Waals surface area contributed by atoms with Crippen LogP contribution in [0.15, 0.2) is 47.1 Å². The molecule has 128 valence electrons. The third-order valence-corrected chi connectivity index (χ3v) is 3.38. The molecule has 0 saturated heterocycles. The Morgan fingerprint density at radius 1 is 1.20 bits per heavy atom. The van der Waals surface area contributed by atoms with Crippen LogP contribution in [0.3, 0.4) is 0 Å². The van der Waals surface area contributed by atoms with E-state index in [9.17, 15) is 9.59 Å². The molecule has 3 amide bonds. The lowest BCUT2D eigenvalue weighted by atomic mass is 10.1. The van der Waals surface area contributed by atoms with E-state index in [0.717, 1.165) is 15.9 Å². The zero-order valence-electron chi connectivity index (χ0n) is 13.5. The van der Waals surface area contributed by atoms with Crippen molar-refractivity contribution in [2.45, 2.75) is 20.0 Å². The maximum absolute atomic E-state index is 11.9. The Hall–Kier alpha value is -3.49. The molecule has 3 rings (SSSR count). The summed E-state index contributed by atoms with van der Waals surface area (Å²) in [5.41, 5.74) is 1.84. The first-order valence-electron chi connectivity index (χ1n) is 7.55. The number of hydrogen-bond donors (Lipinski definition) is 2. The number of imide groups is 1. The van der Waals surface area contributed by atoms with Gasteiger partial charge < -0.3 is 9.73 Å². The third kappa shape index (κ3) is 4.28. The lowest BCUT2D eigenvalue weighted by Crippen LogP contribution is -2.40. The monoisotopic (exact) mass is 340 g/mol. The molecular weight excluding hydrogens is 324 g/mol. The largest absolute Gasteiger partial charge is 0.467 e. The molecule has 0 bridgehead atoms. The summed E-state index contributed by atoms with van der Waals surface area (Å²) in [7, 11) is 0. The predicted octanol–water partition coefficient (Wildman–Crippen LogP) is 1.27. The van der Waals surface area contributed by atoms with Crippen molar-refractivity contribution in [1.82, 2.24) is 30.8 Å². The van der Waals surface area contributed by atoms with Crippen molar-refractivity contribution < 1.29 is 14.0 Å². The lowest BCUT2D eigenvalue weighted by Gasteiger charge is -2.04. The highest BCUT2D eigenvalue weighted by molar-refractivity contribution is 5.94. The molecule has 0 aliphatic heterocycles. The molecule has 0 unspecified atom stereocenters. The number of tetrazole rings is 1. The molecule has 0 radical (unpaired) electrons. The van der Waals surface area contributed by atoms with E-state index in [4.69, 9.17) is 4.42 Å². The number of amides is 3. The first-order chi connectivity index (χ1) is 12.1. The molecule has 1 aromatic carbocycles. The van der Waals surface area contributed by atoms with Crippen molar-refractivity contribution in [2.24, 2.45) is 0 Å². The van der Waals surface area contributed by atoms with E-state index in [1.807, 2.05) is 31.2 Å². The van der Waals surface area contributed by atoms with E-state index in [-0.39, 0.29) is 13.1 Å². The smallest absolute Gasteiger partial charge is 0.321 e. The summed E-state index contributed by atoms with van der Waals surface area (Å²) in [5, 5.41) is 16.6. The molecule has 0 saturated carbocycles. The average Bonchev–Trinajstić information content (AvgIpc) is 3.25. The zero-order valence-corrected chi connectivity index (χ0v) is 13.5. The van der Waals surface area contributed by atoms with Crippen LogP contribution in [0.2, 0.25) is 0 Å². The van der Waals surface area contributed by atoms with Crippen LogP contribution >= 0.6 is 0 Å². The number of nitrogens with zero attached hydrogens (tertiary/aromatic N) is 4. The zero-order chi connectivity index (χ0) is 17.6. The summed E-state index contributed by atoms with van der Waals surface area (Å²) in [6.07, 6.45) is 1.50. The van der Waals surface area contributed by atoms with Gasteiger partial charge in [0.25, 0.3) is 5.91 Å². The van der Waals surface area contributed by atoms with E-state index in [1.165, 1.54) is 6.26 Å². The lowest BCUT2D eigenvalue weighted by molar-refractivity contribution is -0.121. The van der Waals surface area contributed by atoms with Crippen LogP contribution in [0.25, 0.3) is 11.4 Å². The quantitative estimate of drug-likeness (QED) is 0.723. The minimum atomic E-state index is -0.624. The van der Waals surface area contributed by atoms with Crippen LogP contribution in [0.4, 0.5) is 4.79 Å². The SMILES string of the molecule is Cc1ccccc1-c1nnn(CC(=O)NC(=O)NCc2ccco2)n1. The summed E-state index contributed by atoms with van der Waals surface area (Å²) in [4.78, 5) is 24.7. The summed E-state index contributed by atoms with van der Waals surface area (Å²) in [5.74, 6) is 0.460. The molecule has 9 heteroatoms. The summed E-state index contributed by atoms with van der Waals surface area (Å²) < 4.78 is 5.08. The van der Waals surface area contributed by atoms with Gasteiger partial charge in [-0.1, -0.05) is 24.3 Å². The van der Waals surface area contributed by atoms with Crippen LogP contribution < -0.4 is 10.6 Å². The van der Waals surface area contributed by atoms with E-state index in [0.29, 0.717) is 11.6 Å². The second kappa shape index (κ2) is 7.39. The van der Waals surface area contributed by atoms with Gasteiger partial charge >= 0.3 is 6.03 Å². The van der Waals surface area contributed by atoms with Gasteiger partial charge in [0.05, 0.1) is 12.8 Å². The first kappa shape index (κ1) is 16.4. The van der Waals surface area contributed by atoms with Crippen LogP contribution in [-0.4, -0.2) is 32.1 Å². The summed E-state index contributed by atoms with van der Waals surface area (Å²) in [6, 6.07) is 10.4. The summed E-state index contributed by atoms with van der Waals surface area (Å²) in [6.45, 7) is 1.91. The molecule has 9 nitrogen and oxygen atoms in total. The Bertz CT molecular complexity index is 872. The molecule has 0 aliphatic rings. The van der Waals surface area contributed by atoms with E-state index in [1.54, 1.807) is 12.1 Å². The number of carbonyl (C=O) groups excluding carboxylic acids is 2. The standard InChI is InChI=1S/C16H16N6O3/c1-11-5-2-3-7-13(11)15-19-21-22(20-15)10-14(23)18-16(24)17-9-12-6-4-8-25-12/h2-8H,9-10H2,1H3,(H2,17,18,23,24). The fraction of sp³-hybridized carbons (Fsp3) is 0.188. The number of aromatic nitrogens is 4. The highest BCUT2D eigenvalue weighted by atomic mass is 16.3. The van der Waals surface area contributed by atoms with E-state index >= 15 is 0 Å². The van der Waals surface area contributed by atoms with Gasteiger partial charge in [0, 0.05) is 5.56 Å². The number of furan rings is 1. The van der Waals surface area contributed by atoms with Gasteiger partial charge in [0.15, 0.2) is 0 Å². The Labute approximate surface area is 143 Å². The maximum atomic E-state index is 11.9. The Kier molecular flexibility index (Phi) is 4.84. The van der Waals surface area contributed by atoms with Gasteiger partial charge in [-0.05, 0) is 29.8 Å². The molecule has 0 aliphatic carbocycles. The minimum absolute atomic E-state index is 0.186. The molecular formula is C16H16N6O3. The van der Waals surface area contributed by atoms with Crippen LogP contribution in [0.5, 0.6) is 0 Å². The number of rotatable bonds is 5. The highest BCUT2D eigenvalue weighted by Crippen LogP contribution is 2.17. The summed E-state index contributed by atoms with van der Waals surface area (Å²) >= 11 is 0. The van der Waals surface area contributed by atoms with Crippen molar-refractivity contribution in [3.05, 3.63) is 54.0 Å². The number of aryl methyl sites for hydroxylation is 1. The molecule has 2 heterocycles. The number of nitrogens with one attached hydrogen (secondary N) is 2. The van der Waals surface area contributed by atoms with Gasteiger partial charge in [0.1, 0.15) is 12.3 Å². The van der Waals surface area contributed by atoms with Gasteiger partial charge in [0.2, 0.25) is 5.82 Å². The van der Waals surface area contributed by atoms with Crippen LogP contribution in [0.1, 0.15) is 11.3 Å². The molecule has 3 aromatic rings. The minimum Gasteiger partial charge on any atom is -0.467 e. The normalized spacial score (nSPS) is 10.4. The second-order valence-electron chi connectivity index (χ2n) is 5.27. The Morgan fingerprint density at radius 2 is 2.04 bits per heavy atom. The fourth-order valence-electron chi connectivity index (χ4n) is 2.16. The molecule has 0 spiro atoms. The topological polar surface area (TPSA) is 115 Å². The molecule has 25 heavy (non-hydrogen) atoms. The number of carbonyl (C=O) groups is 2. The molecule has 0 fully saturated rings. The number of benzene rings is 1. The molecule has 0 atom stereocenters. The Morgan fingerprint density at radius 3 is 2.80 bits per heavy atom. The molecule has 2 aromatic heterocycles. The first-order valence-corrected chi connectivity index (χ1v) is 7.55. The Balaban J connectivity index is 1.53.